The van der Waals surface area contributed by atoms with E-state index in [-0.39, 0.29) is 5.60 Å². The van der Waals surface area contributed by atoms with Crippen LogP contribution < -0.4 is 0 Å². The minimum atomic E-state index is -0.283. The summed E-state index contributed by atoms with van der Waals surface area (Å²) in [6, 6.07) is 0. The molecule has 0 bridgehead atoms. The molecule has 0 aliphatic rings. The zero-order chi connectivity index (χ0) is 10.3. The first-order chi connectivity index (χ1) is 6.02. The second kappa shape index (κ2) is 6.01. The second-order valence-electron chi connectivity index (χ2n) is 4.38. The fourth-order valence-electron chi connectivity index (χ4n) is 1.27. The summed E-state index contributed by atoms with van der Waals surface area (Å²) in [5.41, 5.74) is -0.283. The molecule has 0 aromatic heterocycles. The molecular weight excluding hydrogens is 164 g/mol. The van der Waals surface area contributed by atoms with Gasteiger partial charge in [0, 0.05) is 0 Å². The monoisotopic (exact) mass is 186 g/mol. The lowest BCUT2D eigenvalue weighted by molar-refractivity contribution is -0.140. The van der Waals surface area contributed by atoms with Crippen molar-refractivity contribution in [1.82, 2.24) is 0 Å². The lowest BCUT2D eigenvalue weighted by atomic mass is 9.95. The van der Waals surface area contributed by atoms with Crippen LogP contribution >= 0.6 is 0 Å². The summed E-state index contributed by atoms with van der Waals surface area (Å²) in [6.07, 6.45) is 4.54. The Labute approximate surface area is 81.7 Å². The van der Waals surface area contributed by atoms with Crippen LogP contribution in [0.5, 0.6) is 0 Å². The molecule has 0 saturated heterocycles. The Morgan fingerprint density at radius 2 is 2.08 bits per heavy atom. The van der Waals surface area contributed by atoms with Crippen LogP contribution in [-0.2, 0) is 9.53 Å². The summed E-state index contributed by atoms with van der Waals surface area (Å²) in [5, 5.41) is 0. The molecule has 0 spiro atoms. The van der Waals surface area contributed by atoms with Crippen molar-refractivity contribution in [1.29, 1.82) is 0 Å². The summed E-state index contributed by atoms with van der Waals surface area (Å²) in [6.45, 7) is 8.92. The molecule has 0 heterocycles. The van der Waals surface area contributed by atoms with Gasteiger partial charge in [0.05, 0.1) is 0 Å². The van der Waals surface area contributed by atoms with E-state index in [1.54, 1.807) is 0 Å². The van der Waals surface area contributed by atoms with Crippen molar-refractivity contribution in [2.24, 2.45) is 5.92 Å². The molecule has 78 valence electrons. The van der Waals surface area contributed by atoms with E-state index in [1.165, 1.54) is 12.8 Å². The number of ether oxygens (including phenoxy) is 1. The van der Waals surface area contributed by atoms with Gasteiger partial charge in [0.2, 0.25) is 0 Å². The van der Waals surface area contributed by atoms with Crippen molar-refractivity contribution in [2.45, 2.75) is 59.0 Å². The highest BCUT2D eigenvalue weighted by Crippen LogP contribution is 2.20. The first kappa shape index (κ1) is 12.5. The van der Waals surface area contributed by atoms with E-state index in [4.69, 9.17) is 4.74 Å². The maximum absolute atomic E-state index is 10.2. The quantitative estimate of drug-likeness (QED) is 0.571. The van der Waals surface area contributed by atoms with Crippen LogP contribution in [-0.4, -0.2) is 12.1 Å². The van der Waals surface area contributed by atoms with Crippen LogP contribution in [0, 0.1) is 5.92 Å². The average molecular weight is 186 g/mol. The highest BCUT2D eigenvalue weighted by molar-refractivity contribution is 5.38. The van der Waals surface area contributed by atoms with E-state index >= 15 is 0 Å². The van der Waals surface area contributed by atoms with Gasteiger partial charge in [-0.2, -0.15) is 0 Å². The minimum absolute atomic E-state index is 0.283. The Kier molecular flexibility index (Phi) is 5.76. The zero-order valence-electron chi connectivity index (χ0n) is 9.30. The molecule has 13 heavy (non-hydrogen) atoms. The molecule has 2 heteroatoms. The van der Waals surface area contributed by atoms with Gasteiger partial charge >= 0.3 is 0 Å². The van der Waals surface area contributed by atoms with E-state index in [0.29, 0.717) is 6.47 Å². The Morgan fingerprint density at radius 3 is 2.54 bits per heavy atom. The van der Waals surface area contributed by atoms with Gasteiger partial charge in [-0.25, -0.2) is 0 Å². The van der Waals surface area contributed by atoms with Gasteiger partial charge in [-0.3, -0.25) is 4.79 Å². The van der Waals surface area contributed by atoms with Gasteiger partial charge in [-0.15, -0.1) is 0 Å². The van der Waals surface area contributed by atoms with Crippen molar-refractivity contribution in [2.75, 3.05) is 0 Å². The molecule has 0 aliphatic carbocycles. The number of hydrogen-bond donors (Lipinski definition) is 0. The molecule has 1 unspecified atom stereocenters. The standard InChI is InChI=1S/C11H22O2/c1-5-10(2)7-6-8-11(3,4)13-9-12/h9-10H,5-8H2,1-4H3. The second-order valence-corrected chi connectivity index (χ2v) is 4.38. The Morgan fingerprint density at radius 1 is 1.46 bits per heavy atom. The fraction of sp³-hybridized carbons (Fsp3) is 0.909. The minimum Gasteiger partial charge on any atom is -0.462 e. The Hall–Kier alpha value is -0.530. The van der Waals surface area contributed by atoms with Gasteiger partial charge in [-0.1, -0.05) is 26.7 Å². The third-order valence-corrected chi connectivity index (χ3v) is 2.54. The van der Waals surface area contributed by atoms with E-state index in [0.717, 1.165) is 18.8 Å². The first-order valence-electron chi connectivity index (χ1n) is 5.13. The number of carbonyl (C=O) groups is 1. The molecule has 0 aromatic rings. The van der Waals surface area contributed by atoms with Gasteiger partial charge in [-0.05, 0) is 32.6 Å². The first-order valence-corrected chi connectivity index (χ1v) is 5.13. The van der Waals surface area contributed by atoms with E-state index in [1.807, 2.05) is 13.8 Å². The third kappa shape index (κ3) is 6.62. The normalized spacial score (nSPS) is 13.8. The van der Waals surface area contributed by atoms with Crippen molar-refractivity contribution in [3.05, 3.63) is 0 Å². The molecule has 0 radical (unpaired) electrons. The topological polar surface area (TPSA) is 26.3 Å². The van der Waals surface area contributed by atoms with E-state index in [9.17, 15) is 4.79 Å². The zero-order valence-corrected chi connectivity index (χ0v) is 9.30. The summed E-state index contributed by atoms with van der Waals surface area (Å²) in [5.74, 6) is 0.784. The van der Waals surface area contributed by atoms with Crippen LogP contribution in [0.3, 0.4) is 0 Å². The molecule has 2 nitrogen and oxygen atoms in total. The Bertz CT molecular complexity index is 141. The van der Waals surface area contributed by atoms with E-state index in [2.05, 4.69) is 13.8 Å². The molecule has 0 saturated carbocycles. The van der Waals surface area contributed by atoms with Crippen LogP contribution in [0.15, 0.2) is 0 Å². The molecule has 0 aromatic carbocycles. The average Bonchev–Trinajstić information content (AvgIpc) is 2.03. The van der Waals surface area contributed by atoms with Crippen LogP contribution in [0.25, 0.3) is 0 Å². The maximum Gasteiger partial charge on any atom is 0.293 e. The van der Waals surface area contributed by atoms with Crippen molar-refractivity contribution in [3.8, 4) is 0 Å². The molecule has 1 atom stereocenters. The molecular formula is C11H22O2. The largest absolute Gasteiger partial charge is 0.462 e. The van der Waals surface area contributed by atoms with Crippen LogP contribution in [0.4, 0.5) is 0 Å². The fourth-order valence-corrected chi connectivity index (χ4v) is 1.27. The SMILES string of the molecule is CCC(C)CCCC(C)(C)OC=O. The van der Waals surface area contributed by atoms with Gasteiger partial charge < -0.3 is 4.74 Å². The molecule has 0 N–H and O–H groups in total. The predicted octanol–water partition coefficient (Wildman–Crippen LogP) is 3.15. The maximum atomic E-state index is 10.2. The molecule has 0 aliphatic heterocycles. The lowest BCUT2D eigenvalue weighted by Gasteiger charge is -2.22. The van der Waals surface area contributed by atoms with Gasteiger partial charge in [0.15, 0.2) is 0 Å². The lowest BCUT2D eigenvalue weighted by Crippen LogP contribution is -2.23. The summed E-state index contributed by atoms with van der Waals surface area (Å²) >= 11 is 0. The highest BCUT2D eigenvalue weighted by Gasteiger charge is 2.18. The van der Waals surface area contributed by atoms with E-state index < -0.39 is 0 Å². The van der Waals surface area contributed by atoms with Crippen molar-refractivity contribution >= 4 is 6.47 Å². The summed E-state index contributed by atoms with van der Waals surface area (Å²) in [7, 11) is 0. The molecule has 0 amide bonds. The Balaban J connectivity index is 3.56. The van der Waals surface area contributed by atoms with Crippen molar-refractivity contribution < 1.29 is 9.53 Å². The van der Waals surface area contributed by atoms with Crippen molar-refractivity contribution in [3.63, 3.8) is 0 Å². The number of carbonyl (C=O) groups excluding carboxylic acids is 1. The third-order valence-electron chi connectivity index (χ3n) is 2.54. The van der Waals surface area contributed by atoms with Crippen LogP contribution in [0.1, 0.15) is 53.4 Å². The smallest absolute Gasteiger partial charge is 0.293 e. The van der Waals surface area contributed by atoms with Gasteiger partial charge in [0.1, 0.15) is 5.60 Å². The summed E-state index contributed by atoms with van der Waals surface area (Å²) < 4.78 is 4.96. The number of hydrogen-bond acceptors (Lipinski definition) is 2. The highest BCUT2D eigenvalue weighted by atomic mass is 16.5. The molecule has 0 fully saturated rings. The van der Waals surface area contributed by atoms with Crippen LogP contribution in [0.2, 0.25) is 0 Å². The van der Waals surface area contributed by atoms with Gasteiger partial charge in [0.25, 0.3) is 6.47 Å². The predicted molar refractivity (Wildman–Crippen MR) is 54.5 cm³/mol. The molecule has 0 rings (SSSR count). The summed E-state index contributed by atoms with van der Waals surface area (Å²) in [4.78, 5) is 10.2. The number of rotatable bonds is 7.